The van der Waals surface area contributed by atoms with Gasteiger partial charge >= 0.3 is 0 Å². The topological polar surface area (TPSA) is 78.7 Å². The Bertz CT molecular complexity index is 1180. The summed E-state index contributed by atoms with van der Waals surface area (Å²) in [7, 11) is 0. The maximum Gasteiger partial charge on any atom is 0.269 e. The van der Waals surface area contributed by atoms with E-state index >= 15 is 0 Å². The molecule has 0 unspecified atom stereocenters. The van der Waals surface area contributed by atoms with E-state index in [9.17, 15) is 14.9 Å². The first kappa shape index (κ1) is 22.4. The monoisotopic (exact) mass is 476 g/mol. The maximum absolute atomic E-state index is 13.4. The van der Waals surface area contributed by atoms with Crippen LogP contribution in [0.3, 0.4) is 0 Å². The van der Waals surface area contributed by atoms with Crippen molar-refractivity contribution in [1.29, 1.82) is 0 Å². The number of fused-ring (bicyclic) bond motifs is 3. The highest BCUT2D eigenvalue weighted by atomic mass is 32.1. The molecule has 1 N–H and O–H groups in total. The van der Waals surface area contributed by atoms with Crippen molar-refractivity contribution in [1.82, 2.24) is 5.32 Å². The summed E-state index contributed by atoms with van der Waals surface area (Å²) in [5.74, 6) is -0.249. The molecule has 1 fully saturated rings. The molecule has 0 bridgehead atoms. The normalized spacial score (nSPS) is 19.3. The van der Waals surface area contributed by atoms with Gasteiger partial charge in [-0.25, -0.2) is 0 Å². The fraction of sp³-hybridized carbons (Fsp3) is 0.346. The zero-order valence-electron chi connectivity index (χ0n) is 19.1. The number of aryl methyl sites for hydroxylation is 1. The van der Waals surface area contributed by atoms with Gasteiger partial charge in [-0.2, -0.15) is 0 Å². The van der Waals surface area contributed by atoms with E-state index in [4.69, 9.17) is 0 Å². The van der Waals surface area contributed by atoms with Crippen LogP contribution < -0.4 is 15.1 Å². The summed E-state index contributed by atoms with van der Waals surface area (Å²) in [6, 6.07) is 17.7. The highest BCUT2D eigenvalue weighted by Crippen LogP contribution is 2.38. The minimum Gasteiger partial charge on any atom is -0.368 e. The predicted octanol–water partition coefficient (Wildman–Crippen LogP) is 4.19. The van der Waals surface area contributed by atoms with Gasteiger partial charge in [0.25, 0.3) is 5.69 Å². The number of nitrogens with one attached hydrogen (secondary N) is 1. The van der Waals surface area contributed by atoms with Crippen LogP contribution in [0.1, 0.15) is 16.0 Å². The molecule has 3 aromatic rings. The van der Waals surface area contributed by atoms with Gasteiger partial charge in [0.05, 0.1) is 16.9 Å². The van der Waals surface area contributed by atoms with Crippen LogP contribution >= 0.6 is 11.3 Å². The molecule has 2 aromatic carbocycles. The number of benzene rings is 2. The van der Waals surface area contributed by atoms with E-state index in [2.05, 4.69) is 52.4 Å². The Labute approximate surface area is 203 Å². The molecule has 1 aromatic heterocycles. The fourth-order valence-corrected chi connectivity index (χ4v) is 5.82. The molecule has 0 aliphatic carbocycles. The van der Waals surface area contributed by atoms with Crippen molar-refractivity contribution < 1.29 is 9.72 Å². The Kier molecular flexibility index (Phi) is 6.24. The minimum atomic E-state index is -0.363. The lowest BCUT2D eigenvalue weighted by molar-refractivity contribution is -0.384. The second-order valence-electron chi connectivity index (χ2n) is 9.04. The summed E-state index contributed by atoms with van der Waals surface area (Å²) in [6.45, 7) is 5.01. The second kappa shape index (κ2) is 9.46. The Morgan fingerprint density at radius 1 is 1.18 bits per heavy atom. The molecule has 0 spiro atoms. The molecule has 1 amide bonds. The molecular weight excluding hydrogens is 448 g/mol. The smallest absolute Gasteiger partial charge is 0.269 e. The predicted molar refractivity (Wildman–Crippen MR) is 136 cm³/mol. The molecule has 7 nitrogen and oxygen atoms in total. The van der Waals surface area contributed by atoms with Crippen LogP contribution in [0.15, 0.2) is 60.0 Å². The largest absolute Gasteiger partial charge is 0.368 e. The first-order chi connectivity index (χ1) is 16.5. The van der Waals surface area contributed by atoms with Crippen LogP contribution in [0.4, 0.5) is 17.1 Å². The Morgan fingerprint density at radius 3 is 2.74 bits per heavy atom. The van der Waals surface area contributed by atoms with Crippen LogP contribution in [0.25, 0.3) is 0 Å². The van der Waals surface area contributed by atoms with E-state index in [0.717, 1.165) is 43.0 Å². The van der Waals surface area contributed by atoms with Crippen molar-refractivity contribution in [2.24, 2.45) is 5.92 Å². The van der Waals surface area contributed by atoms with Gasteiger partial charge in [-0.3, -0.25) is 14.9 Å². The summed E-state index contributed by atoms with van der Waals surface area (Å²) in [5, 5.41) is 16.6. The summed E-state index contributed by atoms with van der Waals surface area (Å²) >= 11 is 1.69. The summed E-state index contributed by atoms with van der Waals surface area (Å²) in [5.41, 5.74) is 4.36. The van der Waals surface area contributed by atoms with E-state index in [-0.39, 0.29) is 28.5 Å². The second-order valence-corrected chi connectivity index (χ2v) is 10.1. The van der Waals surface area contributed by atoms with E-state index in [0.29, 0.717) is 13.0 Å². The number of rotatable bonds is 6. The van der Waals surface area contributed by atoms with Crippen molar-refractivity contribution in [2.45, 2.75) is 25.8 Å². The number of nitrogens with zero attached hydrogens (tertiary/aromatic N) is 3. The van der Waals surface area contributed by atoms with Gasteiger partial charge in [0.2, 0.25) is 5.91 Å². The van der Waals surface area contributed by atoms with Crippen molar-refractivity contribution >= 4 is 34.3 Å². The number of amides is 1. The number of non-ortho nitro benzene ring substituents is 1. The van der Waals surface area contributed by atoms with Gasteiger partial charge in [0, 0.05) is 54.6 Å². The van der Waals surface area contributed by atoms with Gasteiger partial charge in [-0.1, -0.05) is 23.8 Å². The zero-order chi connectivity index (χ0) is 23.7. The number of carbonyl (C=O) groups is 1. The lowest BCUT2D eigenvalue weighted by atomic mass is 9.83. The van der Waals surface area contributed by atoms with Crippen LogP contribution in [-0.4, -0.2) is 43.1 Å². The van der Waals surface area contributed by atoms with E-state index in [1.807, 2.05) is 17.5 Å². The first-order valence-corrected chi connectivity index (χ1v) is 12.5. The Morgan fingerprint density at radius 2 is 2.00 bits per heavy atom. The number of hydrogen-bond donors (Lipinski definition) is 1. The van der Waals surface area contributed by atoms with E-state index in [1.165, 1.54) is 10.4 Å². The van der Waals surface area contributed by atoms with Crippen LogP contribution in [0, 0.1) is 23.0 Å². The molecule has 2 aliphatic rings. The number of nitro benzene ring substituents is 1. The highest BCUT2D eigenvalue weighted by molar-refractivity contribution is 7.09. The maximum atomic E-state index is 13.4. The van der Waals surface area contributed by atoms with Gasteiger partial charge in [0.15, 0.2) is 0 Å². The third kappa shape index (κ3) is 4.50. The number of carbonyl (C=O) groups excluding carboxylic acids is 1. The molecule has 1 saturated heterocycles. The van der Waals surface area contributed by atoms with Gasteiger partial charge in [0.1, 0.15) is 0 Å². The Balaban J connectivity index is 1.40. The summed E-state index contributed by atoms with van der Waals surface area (Å²) in [6.07, 6.45) is 1.31. The van der Waals surface area contributed by atoms with Gasteiger partial charge in [-0.05, 0) is 55.0 Å². The molecule has 34 heavy (non-hydrogen) atoms. The molecule has 0 radical (unpaired) electrons. The van der Waals surface area contributed by atoms with Crippen molar-refractivity contribution in [3.8, 4) is 0 Å². The summed E-state index contributed by atoms with van der Waals surface area (Å²) in [4.78, 5) is 30.3. The first-order valence-electron chi connectivity index (χ1n) is 11.7. The molecule has 3 heterocycles. The van der Waals surface area contributed by atoms with Crippen LogP contribution in [-0.2, 0) is 17.6 Å². The van der Waals surface area contributed by atoms with Gasteiger partial charge < -0.3 is 15.1 Å². The number of thiophene rings is 1. The SMILES string of the molecule is Cc1ccc(N2CCN3c4ccc([N+](=O)[O-])cc4C[C@@H](C(=O)NCCc4cccs4)[C@H]3C2)cc1. The van der Waals surface area contributed by atoms with Crippen molar-refractivity contribution in [3.05, 3.63) is 86.1 Å². The molecule has 176 valence electrons. The third-order valence-corrected chi connectivity index (χ3v) is 7.83. The minimum absolute atomic E-state index is 0.00532. The average molecular weight is 477 g/mol. The summed E-state index contributed by atoms with van der Waals surface area (Å²) < 4.78 is 0. The molecule has 5 rings (SSSR count). The van der Waals surface area contributed by atoms with Crippen molar-refractivity contribution in [3.63, 3.8) is 0 Å². The molecule has 2 aliphatic heterocycles. The third-order valence-electron chi connectivity index (χ3n) is 6.89. The highest BCUT2D eigenvalue weighted by Gasteiger charge is 2.42. The van der Waals surface area contributed by atoms with E-state index < -0.39 is 0 Å². The van der Waals surface area contributed by atoms with Crippen LogP contribution in [0.5, 0.6) is 0 Å². The quantitative estimate of drug-likeness (QED) is 0.426. The molecule has 8 heteroatoms. The Hall–Kier alpha value is -3.39. The van der Waals surface area contributed by atoms with Gasteiger partial charge in [-0.15, -0.1) is 11.3 Å². The number of piperazine rings is 1. The average Bonchev–Trinajstić information content (AvgIpc) is 3.36. The number of nitro groups is 1. The number of hydrogen-bond acceptors (Lipinski definition) is 6. The molecule has 0 saturated carbocycles. The zero-order valence-corrected chi connectivity index (χ0v) is 20.0. The standard InChI is InChI=1S/C26H28N4O3S/c1-18-4-6-20(7-5-18)28-12-13-29-24-9-8-21(30(32)33)15-19(24)16-23(25(29)17-28)26(31)27-11-10-22-3-2-14-34-22/h2-9,14-15,23,25H,10-13,16-17H2,1H3,(H,27,31)/t23-,25-/m1/s1. The molecular formula is C26H28N4O3S. The lowest BCUT2D eigenvalue weighted by Gasteiger charge is -2.49. The number of anilines is 2. The van der Waals surface area contributed by atoms with E-state index in [1.54, 1.807) is 23.5 Å². The fourth-order valence-electron chi connectivity index (χ4n) is 5.11. The molecule has 2 atom stereocenters. The van der Waals surface area contributed by atoms with Crippen LogP contribution in [0.2, 0.25) is 0 Å². The van der Waals surface area contributed by atoms with Crippen molar-refractivity contribution in [2.75, 3.05) is 36.0 Å². The lowest BCUT2D eigenvalue weighted by Crippen LogP contribution is -2.61.